The lowest BCUT2D eigenvalue weighted by atomic mass is 10.1. The Morgan fingerprint density at radius 1 is 1.60 bits per heavy atom. The van der Waals surface area contributed by atoms with E-state index in [1.165, 1.54) is 4.88 Å². The van der Waals surface area contributed by atoms with E-state index < -0.39 is 0 Å². The minimum Gasteiger partial charge on any atom is -0.383 e. The van der Waals surface area contributed by atoms with Crippen LogP contribution in [-0.4, -0.2) is 26.2 Å². The Balaban J connectivity index is 2.51. The summed E-state index contributed by atoms with van der Waals surface area (Å²) >= 11 is 1.63. The number of thiophene rings is 1. The van der Waals surface area contributed by atoms with Crippen molar-refractivity contribution >= 4 is 17.2 Å². The highest BCUT2D eigenvalue weighted by molar-refractivity contribution is 7.10. The zero-order chi connectivity index (χ0) is 11.3. The van der Waals surface area contributed by atoms with Crippen LogP contribution in [0.3, 0.4) is 0 Å². The molecule has 1 amide bonds. The standard InChI is InChI=1S/C11H17NO2S/c1-8(2)10-6-9(7-15-10)11(13)12-4-5-14-3/h6-8H,4-5H2,1-3H3,(H,12,13). The number of ether oxygens (including phenoxy) is 1. The first-order chi connectivity index (χ1) is 7.15. The zero-order valence-electron chi connectivity index (χ0n) is 9.37. The molecule has 4 heteroatoms. The number of methoxy groups -OCH3 is 1. The van der Waals surface area contributed by atoms with Gasteiger partial charge < -0.3 is 10.1 Å². The van der Waals surface area contributed by atoms with Crippen molar-refractivity contribution in [2.24, 2.45) is 0 Å². The predicted octanol–water partition coefficient (Wildman–Crippen LogP) is 2.25. The predicted molar refractivity (Wildman–Crippen MR) is 62.6 cm³/mol. The van der Waals surface area contributed by atoms with Gasteiger partial charge in [0.2, 0.25) is 0 Å². The Hall–Kier alpha value is -0.870. The molecule has 0 fully saturated rings. The Bertz CT molecular complexity index is 320. The van der Waals surface area contributed by atoms with Crippen LogP contribution < -0.4 is 5.32 Å². The first-order valence-electron chi connectivity index (χ1n) is 5.00. The molecular weight excluding hydrogens is 210 g/mol. The molecule has 0 saturated heterocycles. The van der Waals surface area contributed by atoms with E-state index in [9.17, 15) is 4.79 Å². The van der Waals surface area contributed by atoms with Crippen LogP contribution in [-0.2, 0) is 4.74 Å². The lowest BCUT2D eigenvalue weighted by Crippen LogP contribution is -2.26. The lowest BCUT2D eigenvalue weighted by Gasteiger charge is -2.02. The molecule has 3 nitrogen and oxygen atoms in total. The number of nitrogens with one attached hydrogen (secondary N) is 1. The van der Waals surface area contributed by atoms with Gasteiger partial charge in [0.1, 0.15) is 0 Å². The van der Waals surface area contributed by atoms with E-state index in [1.807, 2.05) is 11.4 Å². The molecular formula is C11H17NO2S. The number of carbonyl (C=O) groups excluding carboxylic acids is 1. The van der Waals surface area contributed by atoms with Gasteiger partial charge in [-0.2, -0.15) is 0 Å². The molecule has 1 aromatic rings. The fourth-order valence-electron chi connectivity index (χ4n) is 1.14. The van der Waals surface area contributed by atoms with Gasteiger partial charge in [-0.05, 0) is 12.0 Å². The van der Waals surface area contributed by atoms with E-state index >= 15 is 0 Å². The summed E-state index contributed by atoms with van der Waals surface area (Å²) in [5.74, 6) is 0.464. The van der Waals surface area contributed by atoms with E-state index in [1.54, 1.807) is 18.4 Å². The van der Waals surface area contributed by atoms with E-state index in [0.29, 0.717) is 19.1 Å². The molecule has 0 bridgehead atoms. The van der Waals surface area contributed by atoms with Crippen LogP contribution in [0.15, 0.2) is 11.4 Å². The van der Waals surface area contributed by atoms with Gasteiger partial charge in [0.05, 0.1) is 12.2 Å². The van der Waals surface area contributed by atoms with E-state index in [2.05, 4.69) is 19.2 Å². The fourth-order valence-corrected chi connectivity index (χ4v) is 2.05. The molecule has 0 unspecified atom stereocenters. The van der Waals surface area contributed by atoms with Crippen molar-refractivity contribution in [3.05, 3.63) is 21.9 Å². The van der Waals surface area contributed by atoms with Gasteiger partial charge >= 0.3 is 0 Å². The molecule has 0 aliphatic carbocycles. The topological polar surface area (TPSA) is 38.3 Å². The Labute approximate surface area is 94.5 Å². The maximum atomic E-state index is 11.6. The average Bonchev–Trinajstić information content (AvgIpc) is 2.66. The highest BCUT2D eigenvalue weighted by Gasteiger charge is 2.09. The molecule has 0 aliphatic rings. The van der Waals surface area contributed by atoms with Crippen molar-refractivity contribution in [1.29, 1.82) is 0 Å². The van der Waals surface area contributed by atoms with Crippen molar-refractivity contribution in [2.45, 2.75) is 19.8 Å². The van der Waals surface area contributed by atoms with Gasteiger partial charge in [0.15, 0.2) is 0 Å². The van der Waals surface area contributed by atoms with Crippen molar-refractivity contribution in [1.82, 2.24) is 5.32 Å². The van der Waals surface area contributed by atoms with Crippen LogP contribution in [0.25, 0.3) is 0 Å². The first kappa shape index (κ1) is 12.2. The molecule has 0 atom stereocenters. The first-order valence-corrected chi connectivity index (χ1v) is 5.88. The van der Waals surface area contributed by atoms with Crippen LogP contribution in [0.1, 0.15) is 35.0 Å². The molecule has 0 spiro atoms. The van der Waals surface area contributed by atoms with E-state index in [4.69, 9.17) is 4.74 Å². The summed E-state index contributed by atoms with van der Waals surface area (Å²) in [4.78, 5) is 12.8. The average molecular weight is 227 g/mol. The number of rotatable bonds is 5. The van der Waals surface area contributed by atoms with Crippen molar-refractivity contribution in [3.8, 4) is 0 Å². The van der Waals surface area contributed by atoms with Gasteiger partial charge in [-0.25, -0.2) is 0 Å². The van der Waals surface area contributed by atoms with Gasteiger partial charge in [-0.3, -0.25) is 4.79 Å². The molecule has 1 rings (SSSR count). The molecule has 1 heterocycles. The third kappa shape index (κ3) is 3.64. The Kier molecular flexibility index (Phi) is 4.78. The Morgan fingerprint density at radius 3 is 2.87 bits per heavy atom. The van der Waals surface area contributed by atoms with Gasteiger partial charge in [0.25, 0.3) is 5.91 Å². The zero-order valence-corrected chi connectivity index (χ0v) is 10.2. The van der Waals surface area contributed by atoms with Gasteiger partial charge in [-0.1, -0.05) is 13.8 Å². The van der Waals surface area contributed by atoms with Crippen LogP contribution in [0, 0.1) is 0 Å². The monoisotopic (exact) mass is 227 g/mol. The normalized spacial score (nSPS) is 10.7. The fraction of sp³-hybridized carbons (Fsp3) is 0.545. The van der Waals surface area contributed by atoms with Gasteiger partial charge in [-0.15, -0.1) is 11.3 Å². The molecule has 0 saturated carbocycles. The number of carbonyl (C=O) groups is 1. The molecule has 0 aliphatic heterocycles. The molecule has 84 valence electrons. The number of amides is 1. The second-order valence-corrected chi connectivity index (χ2v) is 4.58. The van der Waals surface area contributed by atoms with Crippen molar-refractivity contribution < 1.29 is 9.53 Å². The summed E-state index contributed by atoms with van der Waals surface area (Å²) in [5, 5.41) is 4.70. The maximum Gasteiger partial charge on any atom is 0.252 e. The highest BCUT2D eigenvalue weighted by atomic mass is 32.1. The van der Waals surface area contributed by atoms with Crippen molar-refractivity contribution in [2.75, 3.05) is 20.3 Å². The largest absolute Gasteiger partial charge is 0.383 e. The number of hydrogen-bond donors (Lipinski definition) is 1. The van der Waals surface area contributed by atoms with Gasteiger partial charge in [0, 0.05) is 23.9 Å². The third-order valence-electron chi connectivity index (χ3n) is 2.04. The smallest absolute Gasteiger partial charge is 0.252 e. The van der Waals surface area contributed by atoms with E-state index in [0.717, 1.165) is 5.56 Å². The minimum atomic E-state index is -0.0183. The van der Waals surface area contributed by atoms with Crippen molar-refractivity contribution in [3.63, 3.8) is 0 Å². The highest BCUT2D eigenvalue weighted by Crippen LogP contribution is 2.22. The summed E-state index contributed by atoms with van der Waals surface area (Å²) in [7, 11) is 1.62. The molecule has 0 aromatic carbocycles. The molecule has 0 radical (unpaired) electrons. The van der Waals surface area contributed by atoms with Crippen LogP contribution >= 0.6 is 11.3 Å². The quantitative estimate of drug-likeness (QED) is 0.783. The molecule has 15 heavy (non-hydrogen) atoms. The maximum absolute atomic E-state index is 11.6. The Morgan fingerprint density at radius 2 is 2.33 bits per heavy atom. The molecule has 1 N–H and O–H groups in total. The third-order valence-corrected chi connectivity index (χ3v) is 3.28. The van der Waals surface area contributed by atoms with Crippen LogP contribution in [0.5, 0.6) is 0 Å². The van der Waals surface area contributed by atoms with E-state index in [-0.39, 0.29) is 5.91 Å². The summed E-state index contributed by atoms with van der Waals surface area (Å²) in [6, 6.07) is 1.96. The summed E-state index contributed by atoms with van der Waals surface area (Å²) < 4.78 is 4.86. The van der Waals surface area contributed by atoms with Crippen LogP contribution in [0.2, 0.25) is 0 Å². The molecule has 1 aromatic heterocycles. The summed E-state index contributed by atoms with van der Waals surface area (Å²) in [6.07, 6.45) is 0. The lowest BCUT2D eigenvalue weighted by molar-refractivity contribution is 0.0937. The SMILES string of the molecule is COCCNC(=O)c1csc(C(C)C)c1. The number of hydrogen-bond acceptors (Lipinski definition) is 3. The second kappa shape index (κ2) is 5.88. The second-order valence-electron chi connectivity index (χ2n) is 3.64. The summed E-state index contributed by atoms with van der Waals surface area (Å²) in [5.41, 5.74) is 0.750. The van der Waals surface area contributed by atoms with Crippen LogP contribution in [0.4, 0.5) is 0 Å². The summed E-state index contributed by atoms with van der Waals surface area (Å²) in [6.45, 7) is 5.35. The minimum absolute atomic E-state index is 0.0183.